The van der Waals surface area contributed by atoms with E-state index < -0.39 is 5.54 Å². The monoisotopic (exact) mass is 506 g/mol. The Morgan fingerprint density at radius 3 is 2.49 bits per heavy atom. The summed E-state index contributed by atoms with van der Waals surface area (Å²) < 4.78 is 20.2. The summed E-state index contributed by atoms with van der Waals surface area (Å²) in [7, 11) is 1.83. The average Bonchev–Trinajstić information content (AvgIpc) is 3.07. The molecule has 37 heavy (non-hydrogen) atoms. The van der Waals surface area contributed by atoms with Crippen LogP contribution in [0.3, 0.4) is 0 Å². The van der Waals surface area contributed by atoms with Crippen molar-refractivity contribution in [1.29, 1.82) is 0 Å². The van der Waals surface area contributed by atoms with E-state index in [9.17, 15) is 9.18 Å². The van der Waals surface area contributed by atoms with E-state index in [-0.39, 0.29) is 24.0 Å². The van der Waals surface area contributed by atoms with Gasteiger partial charge in [0.05, 0.1) is 12.1 Å². The molecule has 5 rings (SSSR count). The molecule has 0 bridgehead atoms. The molecule has 6 nitrogen and oxygen atoms in total. The lowest BCUT2D eigenvalue weighted by atomic mass is 9.84. The molecule has 1 spiro atoms. The van der Waals surface area contributed by atoms with Crippen LogP contribution < -0.4 is 9.64 Å². The number of anilines is 1. The minimum atomic E-state index is -0.559. The van der Waals surface area contributed by atoms with Gasteiger partial charge in [-0.15, -0.1) is 0 Å². The van der Waals surface area contributed by atoms with Crippen molar-refractivity contribution < 1.29 is 13.9 Å². The van der Waals surface area contributed by atoms with Crippen LogP contribution in [0.15, 0.2) is 53.5 Å². The number of benzene rings is 2. The number of halogens is 1. The highest BCUT2D eigenvalue weighted by Crippen LogP contribution is 2.42. The van der Waals surface area contributed by atoms with Gasteiger partial charge in [0, 0.05) is 32.4 Å². The first-order chi connectivity index (χ1) is 17.9. The third kappa shape index (κ3) is 5.37. The number of amidine groups is 1. The Kier molecular flexibility index (Phi) is 7.52. The standard InChI is InChI=1S/C30H39FN4O2/c1-22(2)37-27-14-7-9-23(19-27)21-34-17-15-30(16-18-34)28(32-25-11-5-4-6-12-25)33(3)29(36)35(30)26-13-8-10-24(31)20-26/h7-10,13-14,19-20,22,25H,4-6,11-12,15-18,21H2,1-3H3/b32-28-. The second-order valence-corrected chi connectivity index (χ2v) is 11.0. The summed E-state index contributed by atoms with van der Waals surface area (Å²) in [5, 5.41) is 0. The molecule has 2 amide bonds. The normalized spacial score (nSPS) is 22.0. The van der Waals surface area contributed by atoms with E-state index in [0.717, 1.165) is 56.9 Å². The molecule has 2 aromatic rings. The molecule has 2 aliphatic heterocycles. The van der Waals surface area contributed by atoms with Gasteiger partial charge in [0.25, 0.3) is 0 Å². The van der Waals surface area contributed by atoms with Crippen LogP contribution in [0.4, 0.5) is 14.9 Å². The maximum absolute atomic E-state index is 14.3. The van der Waals surface area contributed by atoms with Crippen LogP contribution in [0.2, 0.25) is 0 Å². The Bertz CT molecular complexity index is 1140. The summed E-state index contributed by atoms with van der Waals surface area (Å²) in [4.78, 5) is 24.9. The zero-order chi connectivity index (χ0) is 26.0. The van der Waals surface area contributed by atoms with E-state index in [1.54, 1.807) is 11.0 Å². The fraction of sp³-hybridized carbons (Fsp3) is 0.533. The van der Waals surface area contributed by atoms with Gasteiger partial charge in [-0.1, -0.05) is 37.5 Å². The zero-order valence-corrected chi connectivity index (χ0v) is 22.3. The number of hydrogen-bond donors (Lipinski definition) is 0. The summed E-state index contributed by atoms with van der Waals surface area (Å²) in [5.41, 5.74) is 1.26. The van der Waals surface area contributed by atoms with Crippen molar-refractivity contribution in [2.24, 2.45) is 4.99 Å². The molecule has 2 saturated heterocycles. The van der Waals surface area contributed by atoms with Gasteiger partial charge in [-0.05, 0) is 75.4 Å². The Hall–Kier alpha value is -2.93. The van der Waals surface area contributed by atoms with Crippen molar-refractivity contribution in [1.82, 2.24) is 9.80 Å². The number of hydrogen-bond acceptors (Lipinski definition) is 4. The maximum atomic E-state index is 14.3. The van der Waals surface area contributed by atoms with Crippen molar-refractivity contribution >= 4 is 17.6 Å². The van der Waals surface area contributed by atoms with E-state index in [1.807, 2.05) is 44.0 Å². The van der Waals surface area contributed by atoms with Crippen molar-refractivity contribution in [2.75, 3.05) is 25.0 Å². The van der Waals surface area contributed by atoms with Gasteiger partial charge < -0.3 is 4.74 Å². The van der Waals surface area contributed by atoms with Gasteiger partial charge in [-0.2, -0.15) is 0 Å². The lowest BCUT2D eigenvalue weighted by Crippen LogP contribution is -2.57. The summed E-state index contributed by atoms with van der Waals surface area (Å²) >= 11 is 0. The van der Waals surface area contributed by atoms with Crippen LogP contribution in [-0.4, -0.2) is 59.5 Å². The van der Waals surface area contributed by atoms with Crippen LogP contribution in [0.25, 0.3) is 0 Å². The molecule has 1 aliphatic carbocycles. The number of amides is 2. The van der Waals surface area contributed by atoms with Crippen LogP contribution in [0, 0.1) is 5.82 Å². The maximum Gasteiger partial charge on any atom is 0.330 e. The number of nitrogens with zero attached hydrogens (tertiary/aromatic N) is 4. The SMILES string of the molecule is CC(C)Oc1cccc(CN2CCC3(CC2)/C(=N/C2CCCCC2)N(C)C(=O)N3c2cccc(F)c2)c1. The first-order valence-electron chi connectivity index (χ1n) is 13.8. The predicted molar refractivity (Wildman–Crippen MR) is 146 cm³/mol. The fourth-order valence-electron chi connectivity index (χ4n) is 6.17. The fourth-order valence-corrected chi connectivity index (χ4v) is 6.17. The molecule has 3 fully saturated rings. The van der Waals surface area contributed by atoms with Crippen LogP contribution in [0.1, 0.15) is 64.4 Å². The highest BCUT2D eigenvalue weighted by molar-refractivity contribution is 6.18. The molecular formula is C30H39FN4O2. The highest BCUT2D eigenvalue weighted by atomic mass is 19.1. The third-order valence-electron chi connectivity index (χ3n) is 7.95. The first kappa shape index (κ1) is 25.7. The Morgan fingerprint density at radius 2 is 1.78 bits per heavy atom. The smallest absolute Gasteiger partial charge is 0.330 e. The number of carbonyl (C=O) groups excluding carboxylic acids is 1. The first-order valence-corrected chi connectivity index (χ1v) is 13.8. The molecule has 2 aromatic carbocycles. The van der Waals surface area contributed by atoms with E-state index >= 15 is 0 Å². The third-order valence-corrected chi connectivity index (χ3v) is 7.95. The molecular weight excluding hydrogens is 467 g/mol. The summed E-state index contributed by atoms with van der Waals surface area (Å²) in [6.07, 6.45) is 7.43. The number of piperidine rings is 1. The van der Waals surface area contributed by atoms with Gasteiger partial charge in [0.15, 0.2) is 0 Å². The minimum Gasteiger partial charge on any atom is -0.491 e. The number of likely N-dealkylation sites (N-methyl/N-ethyl adjacent to an activating group) is 1. The van der Waals surface area contributed by atoms with Crippen molar-refractivity contribution in [3.8, 4) is 5.75 Å². The molecule has 0 atom stereocenters. The molecule has 0 N–H and O–H groups in total. The summed E-state index contributed by atoms with van der Waals surface area (Å²) in [5.74, 6) is 1.42. The number of aliphatic imine (C=N–C) groups is 1. The van der Waals surface area contributed by atoms with Gasteiger partial charge in [-0.25, -0.2) is 9.18 Å². The second-order valence-electron chi connectivity index (χ2n) is 11.0. The van der Waals surface area contributed by atoms with Crippen molar-refractivity contribution in [3.63, 3.8) is 0 Å². The topological polar surface area (TPSA) is 48.4 Å². The number of ether oxygens (including phenoxy) is 1. The number of rotatable bonds is 6. The zero-order valence-electron chi connectivity index (χ0n) is 22.3. The van der Waals surface area contributed by atoms with E-state index in [2.05, 4.69) is 17.0 Å². The van der Waals surface area contributed by atoms with Gasteiger partial charge in [0.1, 0.15) is 22.9 Å². The largest absolute Gasteiger partial charge is 0.491 e. The number of likely N-dealkylation sites (tertiary alicyclic amines) is 1. The van der Waals surface area contributed by atoms with Gasteiger partial charge >= 0.3 is 6.03 Å². The second kappa shape index (κ2) is 10.8. The Balaban J connectivity index is 1.42. The van der Waals surface area contributed by atoms with Crippen LogP contribution in [-0.2, 0) is 6.54 Å². The molecule has 2 heterocycles. The molecule has 0 unspecified atom stereocenters. The molecule has 0 radical (unpaired) electrons. The molecule has 198 valence electrons. The Labute approximate surface area is 220 Å². The quantitative estimate of drug-likeness (QED) is 0.465. The van der Waals surface area contributed by atoms with Gasteiger partial charge in [0.2, 0.25) is 0 Å². The molecule has 1 saturated carbocycles. The molecule has 7 heteroatoms. The van der Waals surface area contributed by atoms with Crippen molar-refractivity contribution in [2.45, 2.75) is 83.0 Å². The predicted octanol–water partition coefficient (Wildman–Crippen LogP) is 6.25. The van der Waals surface area contributed by atoms with E-state index in [0.29, 0.717) is 5.69 Å². The lowest BCUT2D eigenvalue weighted by molar-refractivity contribution is 0.183. The van der Waals surface area contributed by atoms with E-state index in [1.165, 1.54) is 37.0 Å². The van der Waals surface area contributed by atoms with Crippen LogP contribution in [0.5, 0.6) is 5.75 Å². The summed E-state index contributed by atoms with van der Waals surface area (Å²) in [6.45, 7) is 6.54. The minimum absolute atomic E-state index is 0.118. The average molecular weight is 507 g/mol. The molecule has 3 aliphatic rings. The lowest BCUT2D eigenvalue weighted by Gasteiger charge is -2.44. The molecule has 0 aromatic heterocycles. The summed E-state index contributed by atoms with van der Waals surface area (Å²) in [6, 6.07) is 14.9. The highest BCUT2D eigenvalue weighted by Gasteiger charge is 2.56. The van der Waals surface area contributed by atoms with Crippen molar-refractivity contribution in [3.05, 3.63) is 59.9 Å². The Morgan fingerprint density at radius 1 is 1.05 bits per heavy atom. The van der Waals surface area contributed by atoms with E-state index in [4.69, 9.17) is 9.73 Å². The van der Waals surface area contributed by atoms with Gasteiger partial charge in [-0.3, -0.25) is 19.7 Å². The number of carbonyl (C=O) groups is 1. The number of urea groups is 1. The van der Waals surface area contributed by atoms with Crippen LogP contribution >= 0.6 is 0 Å².